The highest BCUT2D eigenvalue weighted by atomic mass is 16.5. The maximum Gasteiger partial charge on any atom is 0.340 e. The molecule has 1 amide bonds. The molecule has 33 heavy (non-hydrogen) atoms. The second kappa shape index (κ2) is 8.62. The summed E-state index contributed by atoms with van der Waals surface area (Å²) in [5.41, 5.74) is 7.58. The van der Waals surface area contributed by atoms with Gasteiger partial charge in [-0.1, -0.05) is 6.07 Å². The number of hydrogen-bond donors (Lipinski definition) is 0. The van der Waals surface area contributed by atoms with Crippen molar-refractivity contribution in [1.29, 1.82) is 0 Å². The normalized spacial score (nSPS) is 15.2. The van der Waals surface area contributed by atoms with E-state index in [4.69, 9.17) is 9.15 Å². The molecule has 0 saturated heterocycles. The van der Waals surface area contributed by atoms with Crippen molar-refractivity contribution in [2.45, 2.75) is 41.2 Å². The predicted octanol–water partition coefficient (Wildman–Crippen LogP) is 5.18. The van der Waals surface area contributed by atoms with Gasteiger partial charge in [0.1, 0.15) is 5.76 Å². The number of hydrogen-bond acceptors (Lipinski definition) is 4. The highest BCUT2D eigenvalue weighted by Crippen LogP contribution is 2.34. The third kappa shape index (κ3) is 3.93. The number of rotatable bonds is 5. The minimum Gasteiger partial charge on any atom is -0.467 e. The molecule has 6 heteroatoms. The number of aryl methyl sites for hydroxylation is 3. The first-order valence-corrected chi connectivity index (χ1v) is 10.8. The average Bonchev–Trinajstić information content (AvgIpc) is 3.45. The van der Waals surface area contributed by atoms with Crippen LogP contribution >= 0.6 is 0 Å². The lowest BCUT2D eigenvalue weighted by molar-refractivity contribution is -0.136. The van der Waals surface area contributed by atoms with Crippen molar-refractivity contribution in [3.63, 3.8) is 0 Å². The molecule has 6 nitrogen and oxygen atoms in total. The number of allylic oxidation sites excluding steroid dienone is 1. The molecule has 0 bridgehead atoms. The Bertz CT molecular complexity index is 1310. The molecule has 0 aliphatic carbocycles. The summed E-state index contributed by atoms with van der Waals surface area (Å²) in [6, 6.07) is 12.0. The molecule has 1 aliphatic rings. The zero-order valence-corrected chi connectivity index (χ0v) is 19.9. The molecule has 4 rings (SSSR count). The van der Waals surface area contributed by atoms with E-state index in [0.717, 1.165) is 22.6 Å². The monoisotopic (exact) mass is 444 g/mol. The fourth-order valence-corrected chi connectivity index (χ4v) is 4.33. The second-order valence-corrected chi connectivity index (χ2v) is 8.41. The number of methoxy groups -OCH3 is 1. The van der Waals surface area contributed by atoms with E-state index in [1.165, 1.54) is 18.2 Å². The fraction of sp³-hybridized carbons (Fsp3) is 0.259. The van der Waals surface area contributed by atoms with Crippen molar-refractivity contribution < 1.29 is 18.7 Å². The summed E-state index contributed by atoms with van der Waals surface area (Å²) in [5.74, 6) is -0.140. The summed E-state index contributed by atoms with van der Waals surface area (Å²) >= 11 is 0. The highest BCUT2D eigenvalue weighted by Gasteiger charge is 2.37. The molecule has 3 heterocycles. The van der Waals surface area contributed by atoms with Gasteiger partial charge in [0.25, 0.3) is 5.91 Å². The lowest BCUT2D eigenvalue weighted by atomic mass is 10.0. The van der Waals surface area contributed by atoms with E-state index in [0.29, 0.717) is 17.0 Å². The van der Waals surface area contributed by atoms with Gasteiger partial charge in [-0.25, -0.2) is 4.79 Å². The quantitative estimate of drug-likeness (QED) is 0.402. The molecule has 0 saturated carbocycles. The van der Waals surface area contributed by atoms with Crippen molar-refractivity contribution in [3.8, 4) is 5.69 Å². The molecule has 2 aromatic heterocycles. The lowest BCUT2D eigenvalue weighted by Crippen LogP contribution is -2.24. The number of amides is 1. The van der Waals surface area contributed by atoms with E-state index in [1.54, 1.807) is 36.3 Å². The summed E-state index contributed by atoms with van der Waals surface area (Å²) < 4.78 is 12.6. The number of nitrogens with zero attached hydrogens (tertiary/aromatic N) is 2. The van der Waals surface area contributed by atoms with Crippen LogP contribution in [0.3, 0.4) is 0 Å². The van der Waals surface area contributed by atoms with Crippen LogP contribution in [0.4, 0.5) is 0 Å². The van der Waals surface area contributed by atoms with Crippen molar-refractivity contribution >= 4 is 18.0 Å². The van der Waals surface area contributed by atoms with Gasteiger partial charge < -0.3 is 18.6 Å². The van der Waals surface area contributed by atoms with Gasteiger partial charge in [-0.05, 0) is 87.7 Å². The van der Waals surface area contributed by atoms with Crippen molar-refractivity contribution in [2.24, 2.45) is 0 Å². The van der Waals surface area contributed by atoms with Crippen LogP contribution in [0.1, 0.15) is 40.8 Å². The van der Waals surface area contributed by atoms with Gasteiger partial charge in [0.15, 0.2) is 0 Å². The third-order valence-corrected chi connectivity index (χ3v) is 6.31. The number of furan rings is 1. The molecule has 0 spiro atoms. The molecule has 0 fully saturated rings. The van der Waals surface area contributed by atoms with E-state index in [-0.39, 0.29) is 18.0 Å². The fourth-order valence-electron chi connectivity index (χ4n) is 4.33. The Morgan fingerprint density at radius 1 is 1.06 bits per heavy atom. The maximum atomic E-state index is 13.4. The van der Waals surface area contributed by atoms with Gasteiger partial charge in [-0.3, -0.25) is 4.79 Å². The number of esters is 1. The Morgan fingerprint density at radius 3 is 2.45 bits per heavy atom. The van der Waals surface area contributed by atoms with Crippen molar-refractivity contribution in [2.75, 3.05) is 7.11 Å². The van der Waals surface area contributed by atoms with E-state index >= 15 is 0 Å². The Hall–Kier alpha value is -3.80. The van der Waals surface area contributed by atoms with Crippen LogP contribution in [-0.4, -0.2) is 28.5 Å². The number of benzene rings is 1. The van der Waals surface area contributed by atoms with Crippen LogP contribution in [0.15, 0.2) is 63.9 Å². The maximum absolute atomic E-state index is 13.4. The Morgan fingerprint density at radius 2 is 1.82 bits per heavy atom. The number of ether oxygens (including phenoxy) is 1. The molecular formula is C27H28N2O4. The van der Waals surface area contributed by atoms with Crippen LogP contribution in [-0.2, 0) is 20.9 Å². The molecule has 170 valence electrons. The van der Waals surface area contributed by atoms with E-state index in [1.807, 2.05) is 19.9 Å². The number of carbonyl (C=O) groups excluding carboxylic acids is 2. The molecule has 0 atom stereocenters. The third-order valence-electron chi connectivity index (χ3n) is 6.31. The molecule has 1 aromatic carbocycles. The molecular weight excluding hydrogens is 416 g/mol. The van der Waals surface area contributed by atoms with Gasteiger partial charge in [0.2, 0.25) is 0 Å². The minimum absolute atomic E-state index is 0.247. The highest BCUT2D eigenvalue weighted by molar-refractivity contribution is 6.16. The Kier molecular flexibility index (Phi) is 5.85. The summed E-state index contributed by atoms with van der Waals surface area (Å²) in [4.78, 5) is 27.6. The van der Waals surface area contributed by atoms with E-state index < -0.39 is 5.97 Å². The van der Waals surface area contributed by atoms with Gasteiger partial charge >= 0.3 is 5.97 Å². The first-order chi connectivity index (χ1) is 15.7. The van der Waals surface area contributed by atoms with Gasteiger partial charge in [0, 0.05) is 22.8 Å². The van der Waals surface area contributed by atoms with Gasteiger partial charge in [-0.15, -0.1) is 0 Å². The Labute approximate surface area is 193 Å². The summed E-state index contributed by atoms with van der Waals surface area (Å²) in [5, 5.41) is 0. The molecule has 3 aromatic rings. The number of aromatic nitrogens is 1. The van der Waals surface area contributed by atoms with E-state index in [2.05, 4.69) is 36.6 Å². The number of carbonyl (C=O) groups is 2. The first kappa shape index (κ1) is 22.4. The van der Waals surface area contributed by atoms with Crippen LogP contribution in [0.2, 0.25) is 0 Å². The summed E-state index contributed by atoms with van der Waals surface area (Å²) in [6.07, 6.45) is 3.36. The predicted molar refractivity (Wildman–Crippen MR) is 127 cm³/mol. The van der Waals surface area contributed by atoms with Gasteiger partial charge in [0.05, 0.1) is 31.1 Å². The SMILES string of the molecule is COC(=O)C1=C(C)N(Cc2ccco2)C(=O)/C1=C/c1cc(C)n(-c2ccc(C)c(C)c2)c1C. The average molecular weight is 445 g/mol. The van der Waals surface area contributed by atoms with E-state index in [9.17, 15) is 9.59 Å². The zero-order valence-electron chi connectivity index (χ0n) is 19.9. The van der Waals surface area contributed by atoms with Crippen LogP contribution in [0.5, 0.6) is 0 Å². The summed E-state index contributed by atoms with van der Waals surface area (Å²) in [6.45, 7) is 10.2. The minimum atomic E-state index is -0.531. The summed E-state index contributed by atoms with van der Waals surface area (Å²) in [7, 11) is 1.32. The largest absolute Gasteiger partial charge is 0.467 e. The lowest BCUT2D eigenvalue weighted by Gasteiger charge is -2.16. The Balaban J connectivity index is 1.79. The zero-order chi connectivity index (χ0) is 23.9. The first-order valence-electron chi connectivity index (χ1n) is 10.8. The molecule has 0 radical (unpaired) electrons. The van der Waals surface area contributed by atoms with Crippen molar-refractivity contribution in [3.05, 3.63) is 93.3 Å². The van der Waals surface area contributed by atoms with Crippen LogP contribution in [0, 0.1) is 27.7 Å². The standard InChI is InChI=1S/C27H28N2O4/c1-16-9-10-22(12-17(16)2)29-18(3)13-21(19(29)4)14-24-25(27(31)32-6)20(5)28(26(24)30)15-23-8-7-11-33-23/h7-14H,15H2,1-6H3/b24-14+. The topological polar surface area (TPSA) is 64.7 Å². The molecule has 0 unspecified atom stereocenters. The molecule has 1 aliphatic heterocycles. The molecule has 0 N–H and O–H groups in total. The van der Waals surface area contributed by atoms with Crippen molar-refractivity contribution in [1.82, 2.24) is 9.47 Å². The van der Waals surface area contributed by atoms with Crippen LogP contribution < -0.4 is 0 Å². The second-order valence-electron chi connectivity index (χ2n) is 8.41. The van der Waals surface area contributed by atoms with Gasteiger partial charge in [-0.2, -0.15) is 0 Å². The smallest absolute Gasteiger partial charge is 0.340 e. The van der Waals surface area contributed by atoms with Crippen LogP contribution in [0.25, 0.3) is 11.8 Å².